The number of likely N-dealkylation sites (tertiary alicyclic amines) is 1. The molecule has 0 spiro atoms. The highest BCUT2D eigenvalue weighted by Gasteiger charge is 2.26. The molecule has 2 aromatic heterocycles. The molecule has 1 unspecified atom stereocenters. The van der Waals surface area contributed by atoms with Crippen molar-refractivity contribution in [2.45, 2.75) is 33.1 Å². The number of carbonyl (C=O) groups excluding carboxylic acids is 1. The van der Waals surface area contributed by atoms with Crippen molar-refractivity contribution in [3.05, 3.63) is 29.5 Å². The van der Waals surface area contributed by atoms with Gasteiger partial charge in [0, 0.05) is 32.3 Å². The van der Waals surface area contributed by atoms with Crippen LogP contribution in [-0.4, -0.2) is 45.6 Å². The Morgan fingerprint density at radius 1 is 1.42 bits per heavy atom. The van der Waals surface area contributed by atoms with Gasteiger partial charge >= 0.3 is 0 Å². The minimum Gasteiger partial charge on any atom is -0.361 e. The van der Waals surface area contributed by atoms with E-state index in [1.807, 2.05) is 18.7 Å². The Morgan fingerprint density at radius 3 is 2.96 bits per heavy atom. The molecule has 1 saturated heterocycles. The second-order valence-electron chi connectivity index (χ2n) is 6.33. The molecule has 7 nitrogen and oxygen atoms in total. The van der Waals surface area contributed by atoms with Crippen molar-refractivity contribution in [3.63, 3.8) is 0 Å². The van der Waals surface area contributed by atoms with Crippen LogP contribution in [0.3, 0.4) is 0 Å². The number of amides is 1. The molecule has 1 amide bonds. The molecule has 0 radical (unpaired) electrons. The van der Waals surface area contributed by atoms with Crippen LogP contribution >= 0.6 is 0 Å². The Labute approximate surface area is 141 Å². The van der Waals surface area contributed by atoms with Crippen molar-refractivity contribution >= 4 is 5.91 Å². The fourth-order valence-electron chi connectivity index (χ4n) is 3.28. The maximum Gasteiger partial charge on any atom is 0.223 e. The number of hydrogen-bond donors (Lipinski definition) is 1. The Morgan fingerprint density at radius 2 is 2.25 bits per heavy atom. The van der Waals surface area contributed by atoms with E-state index in [-0.39, 0.29) is 5.91 Å². The molecule has 0 bridgehead atoms. The Balaban J connectivity index is 1.69. The zero-order chi connectivity index (χ0) is 17.1. The van der Waals surface area contributed by atoms with Crippen LogP contribution in [0.4, 0.5) is 0 Å². The van der Waals surface area contributed by atoms with E-state index in [2.05, 4.69) is 10.1 Å². The highest BCUT2D eigenvalue weighted by Crippen LogP contribution is 2.26. The lowest BCUT2D eigenvalue weighted by molar-refractivity contribution is -0.130. The minimum atomic E-state index is 0.149. The predicted molar refractivity (Wildman–Crippen MR) is 89.1 cm³/mol. The van der Waals surface area contributed by atoms with Crippen LogP contribution in [0, 0.1) is 19.8 Å². The van der Waals surface area contributed by atoms with E-state index in [1.165, 1.54) is 0 Å². The first kappa shape index (κ1) is 16.6. The molecular weight excluding hydrogens is 306 g/mol. The number of nitrogens with two attached hydrogens (primary N) is 1. The average Bonchev–Trinajstić information content (AvgIpc) is 3.15. The number of carbonyl (C=O) groups is 1. The SMILES string of the molecule is Cc1noc(C)c1-c1cncc(CC2CCN(C(=O)CCN)C2)n1. The standard InChI is InChI=1S/C17H23N5O2/c1-11-17(12(2)24-21-11)15-9-19-8-14(20-15)7-13-4-6-22(10-13)16(23)3-5-18/h8-9,13H,3-7,10,18H2,1-2H3. The molecule has 7 heteroatoms. The molecule has 2 N–H and O–H groups in total. The molecule has 1 aliphatic rings. The predicted octanol–water partition coefficient (Wildman–Crippen LogP) is 1.49. The summed E-state index contributed by atoms with van der Waals surface area (Å²) >= 11 is 0. The first-order chi connectivity index (χ1) is 11.6. The number of nitrogens with zero attached hydrogens (tertiary/aromatic N) is 4. The van der Waals surface area contributed by atoms with Crippen LogP contribution in [0.15, 0.2) is 16.9 Å². The zero-order valence-electron chi connectivity index (χ0n) is 14.2. The Kier molecular flexibility index (Phi) is 4.89. The molecule has 24 heavy (non-hydrogen) atoms. The average molecular weight is 329 g/mol. The van der Waals surface area contributed by atoms with Crippen LogP contribution in [-0.2, 0) is 11.2 Å². The van der Waals surface area contributed by atoms with Gasteiger partial charge in [-0.1, -0.05) is 5.16 Å². The van der Waals surface area contributed by atoms with E-state index in [0.717, 1.165) is 54.3 Å². The number of aromatic nitrogens is 3. The highest BCUT2D eigenvalue weighted by molar-refractivity contribution is 5.76. The van der Waals surface area contributed by atoms with Gasteiger partial charge in [-0.15, -0.1) is 0 Å². The van der Waals surface area contributed by atoms with Crippen molar-refractivity contribution in [1.29, 1.82) is 0 Å². The molecule has 1 aliphatic heterocycles. The Hall–Kier alpha value is -2.28. The molecule has 1 fully saturated rings. The minimum absolute atomic E-state index is 0.149. The number of rotatable bonds is 5. The molecule has 2 aromatic rings. The summed E-state index contributed by atoms with van der Waals surface area (Å²) in [6.07, 6.45) is 5.77. The third-order valence-corrected chi connectivity index (χ3v) is 4.47. The van der Waals surface area contributed by atoms with Crippen LogP contribution in [0.5, 0.6) is 0 Å². The summed E-state index contributed by atoms with van der Waals surface area (Å²) in [4.78, 5) is 22.9. The maximum atomic E-state index is 11.9. The van der Waals surface area contributed by atoms with E-state index in [0.29, 0.717) is 18.9 Å². The van der Waals surface area contributed by atoms with Gasteiger partial charge < -0.3 is 15.2 Å². The number of hydrogen-bond acceptors (Lipinski definition) is 6. The summed E-state index contributed by atoms with van der Waals surface area (Å²) in [5.41, 5.74) is 8.92. The summed E-state index contributed by atoms with van der Waals surface area (Å²) in [6.45, 7) is 5.77. The van der Waals surface area contributed by atoms with Gasteiger partial charge in [0.25, 0.3) is 0 Å². The lowest BCUT2D eigenvalue weighted by Gasteiger charge is -2.16. The van der Waals surface area contributed by atoms with Gasteiger partial charge in [0.15, 0.2) is 0 Å². The van der Waals surface area contributed by atoms with Crippen molar-refractivity contribution in [1.82, 2.24) is 20.0 Å². The van der Waals surface area contributed by atoms with E-state index in [1.54, 1.807) is 12.4 Å². The molecule has 3 heterocycles. The van der Waals surface area contributed by atoms with Gasteiger partial charge in [-0.3, -0.25) is 9.78 Å². The van der Waals surface area contributed by atoms with Gasteiger partial charge in [0.2, 0.25) is 5.91 Å². The van der Waals surface area contributed by atoms with Crippen molar-refractivity contribution in [2.24, 2.45) is 11.7 Å². The zero-order valence-corrected chi connectivity index (χ0v) is 14.2. The van der Waals surface area contributed by atoms with E-state index >= 15 is 0 Å². The Bertz CT molecular complexity index is 708. The van der Waals surface area contributed by atoms with E-state index in [9.17, 15) is 4.79 Å². The first-order valence-corrected chi connectivity index (χ1v) is 8.30. The van der Waals surface area contributed by atoms with Crippen LogP contribution in [0.2, 0.25) is 0 Å². The maximum absolute atomic E-state index is 11.9. The van der Waals surface area contributed by atoms with Gasteiger partial charge in [0.05, 0.1) is 28.8 Å². The second-order valence-corrected chi connectivity index (χ2v) is 6.33. The topological polar surface area (TPSA) is 98.1 Å². The van der Waals surface area contributed by atoms with Crippen LogP contribution in [0.25, 0.3) is 11.3 Å². The first-order valence-electron chi connectivity index (χ1n) is 8.30. The largest absolute Gasteiger partial charge is 0.361 e. The summed E-state index contributed by atoms with van der Waals surface area (Å²) < 4.78 is 5.21. The van der Waals surface area contributed by atoms with Gasteiger partial charge in [0.1, 0.15) is 5.76 Å². The highest BCUT2D eigenvalue weighted by atomic mass is 16.5. The van der Waals surface area contributed by atoms with Crippen molar-refractivity contribution in [3.8, 4) is 11.3 Å². The summed E-state index contributed by atoms with van der Waals surface area (Å²) in [7, 11) is 0. The van der Waals surface area contributed by atoms with Gasteiger partial charge in [-0.05, 0) is 32.6 Å². The lowest BCUT2D eigenvalue weighted by Crippen LogP contribution is -2.30. The van der Waals surface area contributed by atoms with Crippen LogP contribution in [0.1, 0.15) is 30.0 Å². The van der Waals surface area contributed by atoms with Crippen molar-refractivity contribution < 1.29 is 9.32 Å². The monoisotopic (exact) mass is 329 g/mol. The quantitative estimate of drug-likeness (QED) is 0.892. The fraction of sp³-hybridized carbons (Fsp3) is 0.529. The molecule has 0 aliphatic carbocycles. The summed E-state index contributed by atoms with van der Waals surface area (Å²) in [5, 5.41) is 3.98. The summed E-state index contributed by atoms with van der Waals surface area (Å²) in [5.74, 6) is 1.31. The molecule has 0 aromatic carbocycles. The van der Waals surface area contributed by atoms with E-state index < -0.39 is 0 Å². The normalized spacial score (nSPS) is 17.5. The van der Waals surface area contributed by atoms with Crippen molar-refractivity contribution in [2.75, 3.05) is 19.6 Å². The smallest absolute Gasteiger partial charge is 0.223 e. The molecule has 0 saturated carbocycles. The molecule has 3 rings (SSSR count). The molecular formula is C17H23N5O2. The molecule has 1 atom stereocenters. The second kappa shape index (κ2) is 7.09. The van der Waals surface area contributed by atoms with Crippen LogP contribution < -0.4 is 5.73 Å². The lowest BCUT2D eigenvalue weighted by atomic mass is 10.0. The van der Waals surface area contributed by atoms with Gasteiger partial charge in [-0.25, -0.2) is 4.98 Å². The number of aryl methyl sites for hydroxylation is 2. The third kappa shape index (κ3) is 3.46. The van der Waals surface area contributed by atoms with Gasteiger partial charge in [-0.2, -0.15) is 0 Å². The summed E-state index contributed by atoms with van der Waals surface area (Å²) in [6, 6.07) is 0. The fourth-order valence-corrected chi connectivity index (χ4v) is 3.28. The third-order valence-electron chi connectivity index (χ3n) is 4.47. The van der Waals surface area contributed by atoms with E-state index in [4.69, 9.17) is 15.2 Å². The molecule has 128 valence electrons.